The van der Waals surface area contributed by atoms with Gasteiger partial charge < -0.3 is 5.73 Å². The number of hydrogen-bond acceptors (Lipinski definition) is 1. The van der Waals surface area contributed by atoms with Crippen molar-refractivity contribution in [3.63, 3.8) is 0 Å². The lowest BCUT2D eigenvalue weighted by atomic mass is 10.1. The van der Waals surface area contributed by atoms with Crippen LogP contribution in [0, 0.1) is 0 Å². The molecule has 1 nitrogen and oxygen atoms in total. The molecular formula is C8H9Br2N. The number of nitrogens with two attached hydrogens (primary N) is 1. The second kappa shape index (κ2) is 3.70. The Balaban J connectivity index is 3.05. The molecule has 0 heterocycles. The first kappa shape index (κ1) is 9.23. The third-order valence-electron chi connectivity index (χ3n) is 1.47. The molecule has 0 fully saturated rings. The van der Waals surface area contributed by atoms with Crippen LogP contribution in [0.1, 0.15) is 18.5 Å². The smallest absolute Gasteiger partial charge is 0.0320 e. The Morgan fingerprint density at radius 3 is 2.36 bits per heavy atom. The quantitative estimate of drug-likeness (QED) is 0.839. The number of benzene rings is 1. The number of hydrogen-bond donors (Lipinski definition) is 1. The van der Waals surface area contributed by atoms with E-state index >= 15 is 0 Å². The monoisotopic (exact) mass is 277 g/mol. The average molecular weight is 279 g/mol. The van der Waals surface area contributed by atoms with E-state index in [1.165, 1.54) is 0 Å². The maximum Gasteiger partial charge on any atom is 0.0320 e. The average Bonchev–Trinajstić information content (AvgIpc) is 1.94. The Morgan fingerprint density at radius 1 is 1.27 bits per heavy atom. The molecule has 1 rings (SSSR count). The summed E-state index contributed by atoms with van der Waals surface area (Å²) in [6.07, 6.45) is 0. The van der Waals surface area contributed by atoms with Gasteiger partial charge >= 0.3 is 0 Å². The van der Waals surface area contributed by atoms with E-state index in [0.29, 0.717) is 0 Å². The minimum absolute atomic E-state index is 0.0967. The van der Waals surface area contributed by atoms with Crippen LogP contribution in [0.2, 0.25) is 0 Å². The molecule has 0 aliphatic heterocycles. The summed E-state index contributed by atoms with van der Waals surface area (Å²) in [5.41, 5.74) is 6.84. The van der Waals surface area contributed by atoms with Gasteiger partial charge in [0.2, 0.25) is 0 Å². The standard InChI is InChI=1S/C8H9Br2N/c1-5(11)6-2-3-7(9)8(10)4-6/h2-5H,11H2,1H3. The summed E-state index contributed by atoms with van der Waals surface area (Å²) < 4.78 is 2.11. The van der Waals surface area contributed by atoms with Crippen molar-refractivity contribution in [1.82, 2.24) is 0 Å². The van der Waals surface area contributed by atoms with Gasteiger partial charge in [0.15, 0.2) is 0 Å². The topological polar surface area (TPSA) is 26.0 Å². The predicted molar refractivity (Wildman–Crippen MR) is 54.4 cm³/mol. The zero-order chi connectivity index (χ0) is 8.43. The second-order valence-corrected chi connectivity index (χ2v) is 4.17. The van der Waals surface area contributed by atoms with Gasteiger partial charge in [-0.3, -0.25) is 0 Å². The Labute approximate surface area is 83.2 Å². The first-order valence-electron chi connectivity index (χ1n) is 3.32. The third-order valence-corrected chi connectivity index (χ3v) is 3.35. The molecule has 0 aromatic heterocycles. The van der Waals surface area contributed by atoms with Crippen LogP contribution in [-0.2, 0) is 0 Å². The van der Waals surface area contributed by atoms with Gasteiger partial charge in [-0.1, -0.05) is 6.07 Å². The molecule has 0 bridgehead atoms. The summed E-state index contributed by atoms with van der Waals surface area (Å²) in [6, 6.07) is 6.12. The molecule has 3 heteroatoms. The lowest BCUT2D eigenvalue weighted by Gasteiger charge is -2.05. The highest BCUT2D eigenvalue weighted by atomic mass is 79.9. The minimum atomic E-state index is 0.0967. The molecule has 1 aromatic rings. The van der Waals surface area contributed by atoms with Gasteiger partial charge in [0.1, 0.15) is 0 Å². The van der Waals surface area contributed by atoms with Crippen LogP contribution in [0.15, 0.2) is 27.1 Å². The number of rotatable bonds is 1. The van der Waals surface area contributed by atoms with E-state index in [-0.39, 0.29) is 6.04 Å². The van der Waals surface area contributed by atoms with E-state index < -0.39 is 0 Å². The molecule has 1 aromatic carbocycles. The van der Waals surface area contributed by atoms with Crippen molar-refractivity contribution in [2.75, 3.05) is 0 Å². The van der Waals surface area contributed by atoms with Crippen LogP contribution >= 0.6 is 31.9 Å². The highest BCUT2D eigenvalue weighted by molar-refractivity contribution is 9.13. The molecule has 11 heavy (non-hydrogen) atoms. The first-order chi connectivity index (χ1) is 5.11. The van der Waals surface area contributed by atoms with Crippen molar-refractivity contribution in [1.29, 1.82) is 0 Å². The maximum atomic E-state index is 5.70. The van der Waals surface area contributed by atoms with Crippen molar-refractivity contribution in [3.8, 4) is 0 Å². The fourth-order valence-electron chi connectivity index (χ4n) is 0.796. The lowest BCUT2D eigenvalue weighted by molar-refractivity contribution is 0.817. The summed E-state index contributed by atoms with van der Waals surface area (Å²) in [5, 5.41) is 0. The molecule has 0 radical (unpaired) electrons. The van der Waals surface area contributed by atoms with Gasteiger partial charge in [0.25, 0.3) is 0 Å². The summed E-state index contributed by atoms with van der Waals surface area (Å²) in [4.78, 5) is 0. The fraction of sp³-hybridized carbons (Fsp3) is 0.250. The van der Waals surface area contributed by atoms with E-state index in [2.05, 4.69) is 31.9 Å². The van der Waals surface area contributed by atoms with Crippen LogP contribution in [0.3, 0.4) is 0 Å². The molecule has 1 atom stereocenters. The van der Waals surface area contributed by atoms with E-state index in [1.54, 1.807) is 0 Å². The van der Waals surface area contributed by atoms with Crippen LogP contribution in [-0.4, -0.2) is 0 Å². The fourth-order valence-corrected chi connectivity index (χ4v) is 1.44. The van der Waals surface area contributed by atoms with E-state index in [4.69, 9.17) is 5.73 Å². The summed E-state index contributed by atoms with van der Waals surface area (Å²) in [5.74, 6) is 0. The van der Waals surface area contributed by atoms with Crippen LogP contribution in [0.4, 0.5) is 0 Å². The predicted octanol–water partition coefficient (Wildman–Crippen LogP) is 3.23. The Kier molecular flexibility index (Phi) is 3.10. The molecule has 0 amide bonds. The van der Waals surface area contributed by atoms with Crippen LogP contribution < -0.4 is 5.73 Å². The SMILES string of the molecule is CC(N)c1ccc(Br)c(Br)c1. The second-order valence-electron chi connectivity index (χ2n) is 2.46. The molecule has 60 valence electrons. The van der Waals surface area contributed by atoms with Crippen molar-refractivity contribution in [3.05, 3.63) is 32.7 Å². The number of halogens is 2. The van der Waals surface area contributed by atoms with Crippen molar-refractivity contribution < 1.29 is 0 Å². The van der Waals surface area contributed by atoms with Crippen molar-refractivity contribution in [2.24, 2.45) is 5.73 Å². The molecule has 0 aliphatic carbocycles. The van der Waals surface area contributed by atoms with Crippen molar-refractivity contribution >= 4 is 31.9 Å². The van der Waals surface area contributed by atoms with Crippen molar-refractivity contribution in [2.45, 2.75) is 13.0 Å². The maximum absolute atomic E-state index is 5.70. The zero-order valence-electron chi connectivity index (χ0n) is 6.14. The third kappa shape index (κ3) is 2.29. The zero-order valence-corrected chi connectivity index (χ0v) is 9.31. The van der Waals surface area contributed by atoms with Gasteiger partial charge in [-0.15, -0.1) is 0 Å². The van der Waals surface area contributed by atoms with Gasteiger partial charge in [0, 0.05) is 15.0 Å². The van der Waals surface area contributed by atoms with E-state index in [1.807, 2.05) is 25.1 Å². The largest absolute Gasteiger partial charge is 0.324 e. The minimum Gasteiger partial charge on any atom is -0.324 e. The normalized spacial score (nSPS) is 13.1. The Hall–Kier alpha value is 0.140. The Morgan fingerprint density at radius 2 is 1.91 bits per heavy atom. The first-order valence-corrected chi connectivity index (χ1v) is 4.90. The Bertz CT molecular complexity index is 258. The molecule has 1 unspecified atom stereocenters. The summed E-state index contributed by atoms with van der Waals surface area (Å²) >= 11 is 6.80. The summed E-state index contributed by atoms with van der Waals surface area (Å²) in [6.45, 7) is 1.97. The van der Waals surface area contributed by atoms with E-state index in [0.717, 1.165) is 14.5 Å². The molecule has 0 saturated carbocycles. The molecular weight excluding hydrogens is 270 g/mol. The lowest BCUT2D eigenvalue weighted by Crippen LogP contribution is -2.04. The summed E-state index contributed by atoms with van der Waals surface area (Å²) in [7, 11) is 0. The van der Waals surface area contributed by atoms with Gasteiger partial charge in [-0.2, -0.15) is 0 Å². The molecule has 0 saturated heterocycles. The van der Waals surface area contributed by atoms with Crippen LogP contribution in [0.25, 0.3) is 0 Å². The molecule has 0 aliphatic rings. The molecule has 0 spiro atoms. The highest BCUT2D eigenvalue weighted by Crippen LogP contribution is 2.25. The van der Waals surface area contributed by atoms with Gasteiger partial charge in [0.05, 0.1) is 0 Å². The highest BCUT2D eigenvalue weighted by Gasteiger charge is 2.01. The van der Waals surface area contributed by atoms with E-state index in [9.17, 15) is 0 Å². The molecule has 2 N–H and O–H groups in total. The van der Waals surface area contributed by atoms with Gasteiger partial charge in [-0.25, -0.2) is 0 Å². The van der Waals surface area contributed by atoms with Crippen LogP contribution in [0.5, 0.6) is 0 Å². The van der Waals surface area contributed by atoms with Gasteiger partial charge in [-0.05, 0) is 56.5 Å².